The summed E-state index contributed by atoms with van der Waals surface area (Å²) in [6.07, 6.45) is 7.76. The predicted molar refractivity (Wildman–Crippen MR) is 201 cm³/mol. The molecular weight excluding hydrogens is 609 g/mol. The van der Waals surface area contributed by atoms with Crippen molar-refractivity contribution in [2.45, 2.75) is 17.8 Å². The zero-order valence-electron chi connectivity index (χ0n) is 27.3. The Morgan fingerprint density at radius 1 is 0.540 bits per heavy atom. The molecule has 0 radical (unpaired) electrons. The van der Waals surface area contributed by atoms with Crippen molar-refractivity contribution in [3.05, 3.63) is 209 Å². The van der Waals surface area contributed by atoms with E-state index < -0.39 is 5.41 Å². The second-order valence-corrected chi connectivity index (χ2v) is 13.2. The van der Waals surface area contributed by atoms with E-state index in [1.807, 2.05) is 6.07 Å². The van der Waals surface area contributed by atoms with Gasteiger partial charge in [-0.3, -0.25) is 0 Å². The van der Waals surface area contributed by atoms with Crippen LogP contribution in [0.4, 0.5) is 0 Å². The van der Waals surface area contributed by atoms with Crippen LogP contribution in [-0.4, -0.2) is 9.97 Å². The molecule has 1 spiro atoms. The molecule has 6 aromatic carbocycles. The molecule has 3 nitrogen and oxygen atoms in total. The van der Waals surface area contributed by atoms with Gasteiger partial charge < -0.3 is 4.74 Å². The quantitative estimate of drug-likeness (QED) is 0.192. The average Bonchev–Trinajstić information content (AvgIpc) is 3.49. The molecule has 10 rings (SSSR count). The van der Waals surface area contributed by atoms with Crippen molar-refractivity contribution in [1.29, 1.82) is 0 Å². The summed E-state index contributed by atoms with van der Waals surface area (Å²) in [5.74, 6) is 2.66. The number of aromatic nitrogens is 2. The Bertz CT molecular complexity index is 2450. The first-order valence-corrected chi connectivity index (χ1v) is 17.3. The maximum absolute atomic E-state index is 6.56. The van der Waals surface area contributed by atoms with Crippen LogP contribution in [-0.2, 0) is 5.41 Å². The lowest BCUT2D eigenvalue weighted by atomic mass is 9.66. The lowest BCUT2D eigenvalue weighted by molar-refractivity contribution is 0.436. The third-order valence-electron chi connectivity index (χ3n) is 10.5. The molecule has 1 atom stereocenters. The predicted octanol–water partition coefficient (Wildman–Crippen LogP) is 11.4. The molecule has 236 valence electrons. The minimum absolute atomic E-state index is 0.135. The second-order valence-electron chi connectivity index (χ2n) is 13.2. The molecule has 0 N–H and O–H groups in total. The third kappa shape index (κ3) is 4.30. The number of hydrogen-bond acceptors (Lipinski definition) is 3. The number of rotatable bonds is 4. The van der Waals surface area contributed by atoms with Crippen LogP contribution >= 0.6 is 0 Å². The van der Waals surface area contributed by atoms with E-state index in [1.54, 1.807) is 0 Å². The Balaban J connectivity index is 1.19. The van der Waals surface area contributed by atoms with E-state index in [1.165, 1.54) is 33.4 Å². The van der Waals surface area contributed by atoms with Crippen LogP contribution in [0.1, 0.15) is 45.8 Å². The average molecular weight is 641 g/mol. The summed E-state index contributed by atoms with van der Waals surface area (Å²) in [7, 11) is 0. The zero-order valence-corrected chi connectivity index (χ0v) is 27.3. The second kappa shape index (κ2) is 11.4. The van der Waals surface area contributed by atoms with Crippen molar-refractivity contribution in [3.63, 3.8) is 0 Å². The first-order chi connectivity index (χ1) is 24.8. The fraction of sp³-hybridized carbons (Fsp3) is 0.0638. The largest absolute Gasteiger partial charge is 0.457 e. The lowest BCUT2D eigenvalue weighted by Crippen LogP contribution is -2.32. The van der Waals surface area contributed by atoms with Crippen LogP contribution in [0.2, 0.25) is 0 Å². The van der Waals surface area contributed by atoms with Gasteiger partial charge in [-0.05, 0) is 58.0 Å². The van der Waals surface area contributed by atoms with Gasteiger partial charge in [-0.15, -0.1) is 0 Å². The lowest BCUT2D eigenvalue weighted by Gasteiger charge is -2.39. The highest BCUT2D eigenvalue weighted by molar-refractivity contribution is 5.96. The van der Waals surface area contributed by atoms with E-state index in [9.17, 15) is 0 Å². The van der Waals surface area contributed by atoms with E-state index in [0.29, 0.717) is 0 Å². The van der Waals surface area contributed by atoms with Crippen LogP contribution in [0.25, 0.3) is 39.3 Å². The van der Waals surface area contributed by atoms with Crippen LogP contribution in [0.3, 0.4) is 0 Å². The third-order valence-corrected chi connectivity index (χ3v) is 10.5. The molecule has 1 unspecified atom stereocenters. The number of para-hydroxylation sites is 2. The van der Waals surface area contributed by atoms with Gasteiger partial charge in [-0.1, -0.05) is 158 Å². The van der Waals surface area contributed by atoms with Crippen molar-refractivity contribution < 1.29 is 4.74 Å². The van der Waals surface area contributed by atoms with Crippen LogP contribution in [0, 0.1) is 0 Å². The van der Waals surface area contributed by atoms with Crippen molar-refractivity contribution in [3.8, 4) is 45.3 Å². The molecule has 7 aromatic rings. The molecule has 0 amide bonds. The molecule has 0 saturated carbocycles. The standard InChI is InChI=1S/C47H32N2O/c1-3-14-31(15-4-1)32-26-28-33(29-27-32)41-30-42(49-46(48-41)34-16-5-2-6-17-34)36-19-13-23-40-45(36)35-18-7-8-20-37(35)47(40)38-21-9-11-24-43(38)50-44-25-12-10-22-39(44)47/h1-28,30,33H,29H2. The highest BCUT2D eigenvalue weighted by atomic mass is 16.5. The summed E-state index contributed by atoms with van der Waals surface area (Å²) < 4.78 is 6.56. The molecule has 0 saturated heterocycles. The summed E-state index contributed by atoms with van der Waals surface area (Å²) >= 11 is 0. The van der Waals surface area contributed by atoms with E-state index in [2.05, 4.69) is 170 Å². The van der Waals surface area contributed by atoms with Gasteiger partial charge in [0.1, 0.15) is 11.5 Å². The molecule has 50 heavy (non-hydrogen) atoms. The van der Waals surface area contributed by atoms with Crippen LogP contribution in [0.5, 0.6) is 11.5 Å². The van der Waals surface area contributed by atoms with Gasteiger partial charge in [0.25, 0.3) is 0 Å². The first-order valence-electron chi connectivity index (χ1n) is 17.3. The molecule has 0 fully saturated rings. The van der Waals surface area contributed by atoms with Crippen molar-refractivity contribution in [2.24, 2.45) is 0 Å². The Morgan fingerprint density at radius 3 is 1.84 bits per heavy atom. The van der Waals surface area contributed by atoms with Crippen LogP contribution in [0.15, 0.2) is 176 Å². The Morgan fingerprint density at radius 2 is 1.14 bits per heavy atom. The van der Waals surface area contributed by atoms with Gasteiger partial charge in [0.2, 0.25) is 0 Å². The van der Waals surface area contributed by atoms with E-state index in [0.717, 1.165) is 57.4 Å². The highest BCUT2D eigenvalue weighted by Gasteiger charge is 2.51. The molecule has 3 heteroatoms. The van der Waals surface area contributed by atoms with Crippen molar-refractivity contribution in [1.82, 2.24) is 9.97 Å². The smallest absolute Gasteiger partial charge is 0.160 e. The van der Waals surface area contributed by atoms with Gasteiger partial charge in [0, 0.05) is 28.2 Å². The summed E-state index contributed by atoms with van der Waals surface area (Å²) in [4.78, 5) is 10.6. The minimum atomic E-state index is -0.532. The Kier molecular flexibility index (Phi) is 6.53. The number of allylic oxidation sites excluding steroid dienone is 4. The topological polar surface area (TPSA) is 35.0 Å². The summed E-state index contributed by atoms with van der Waals surface area (Å²) in [6.45, 7) is 0. The fourth-order valence-electron chi connectivity index (χ4n) is 8.31. The van der Waals surface area contributed by atoms with Crippen molar-refractivity contribution >= 4 is 5.57 Å². The highest BCUT2D eigenvalue weighted by Crippen LogP contribution is 2.63. The van der Waals surface area contributed by atoms with E-state index >= 15 is 0 Å². The first kappa shape index (κ1) is 28.7. The molecule has 0 bridgehead atoms. The Labute approximate surface area is 291 Å². The molecule has 1 aliphatic heterocycles. The van der Waals surface area contributed by atoms with E-state index in [4.69, 9.17) is 14.7 Å². The number of hydrogen-bond donors (Lipinski definition) is 0. The molecule has 1 aromatic heterocycles. The van der Waals surface area contributed by atoms with Crippen molar-refractivity contribution in [2.75, 3.05) is 0 Å². The maximum Gasteiger partial charge on any atom is 0.160 e. The normalized spacial score (nSPS) is 16.1. The fourth-order valence-corrected chi connectivity index (χ4v) is 8.31. The minimum Gasteiger partial charge on any atom is -0.457 e. The van der Waals surface area contributed by atoms with Gasteiger partial charge in [0.15, 0.2) is 5.82 Å². The maximum atomic E-state index is 6.56. The van der Waals surface area contributed by atoms with Gasteiger partial charge in [-0.25, -0.2) is 9.97 Å². The van der Waals surface area contributed by atoms with Gasteiger partial charge in [0.05, 0.1) is 16.8 Å². The zero-order chi connectivity index (χ0) is 33.1. The Hall–Kier alpha value is -6.32. The summed E-state index contributed by atoms with van der Waals surface area (Å²) in [5.41, 5.74) is 13.3. The summed E-state index contributed by atoms with van der Waals surface area (Å²) in [5, 5.41) is 0. The number of benzene rings is 6. The monoisotopic (exact) mass is 640 g/mol. The van der Waals surface area contributed by atoms with Crippen LogP contribution < -0.4 is 4.74 Å². The van der Waals surface area contributed by atoms with Gasteiger partial charge in [-0.2, -0.15) is 0 Å². The molecule has 2 heterocycles. The molecule has 3 aliphatic rings. The van der Waals surface area contributed by atoms with Gasteiger partial charge >= 0.3 is 0 Å². The molecule has 2 aliphatic carbocycles. The summed E-state index contributed by atoms with van der Waals surface area (Å²) in [6, 6.07) is 55.8. The number of nitrogens with zero attached hydrogens (tertiary/aromatic N) is 2. The number of ether oxygens (including phenoxy) is 1. The molecular formula is C47H32N2O. The number of fused-ring (bicyclic) bond motifs is 9. The van der Waals surface area contributed by atoms with E-state index in [-0.39, 0.29) is 5.92 Å². The SMILES string of the molecule is C1=CC(c2cc(-c3cccc4c3-c3ccccc3C43c4ccccc4Oc4ccccc43)nc(-c3ccccc3)n2)CC=C1c1ccccc1.